The molecule has 0 fully saturated rings. The number of aliphatic hydroxyl groups is 1. The third-order valence-corrected chi connectivity index (χ3v) is 2.27. The Bertz CT molecular complexity index is 163. The van der Waals surface area contributed by atoms with Crippen molar-refractivity contribution in [1.82, 2.24) is 0 Å². The van der Waals surface area contributed by atoms with Gasteiger partial charge in [-0.3, -0.25) is 4.18 Å². The maximum absolute atomic E-state index is 10.8. The monoisotopic (exact) mass is 183 g/mol. The highest BCUT2D eigenvalue weighted by Gasteiger charge is 2.08. The van der Waals surface area contributed by atoms with Crippen molar-refractivity contribution in [2.45, 2.75) is 6.42 Å². The van der Waals surface area contributed by atoms with Gasteiger partial charge in [0.05, 0.1) is 19.0 Å². The Kier molecular flexibility index (Phi) is 5.39. The number of hydrogen-bond donors (Lipinski definition) is 2. The van der Waals surface area contributed by atoms with E-state index in [4.69, 9.17) is 10.8 Å². The second-order valence-electron chi connectivity index (χ2n) is 1.95. The zero-order chi connectivity index (χ0) is 8.74. The van der Waals surface area contributed by atoms with Crippen molar-refractivity contribution in [2.24, 2.45) is 5.73 Å². The Hall–Kier alpha value is -0.170. The fourth-order valence-corrected chi connectivity index (χ4v) is 1.45. The maximum Gasteiger partial charge on any atom is 0.267 e. The summed E-state index contributed by atoms with van der Waals surface area (Å²) < 4.78 is 25.9. The van der Waals surface area contributed by atoms with Crippen LogP contribution in [-0.4, -0.2) is 39.0 Å². The van der Waals surface area contributed by atoms with Gasteiger partial charge in [-0.25, -0.2) is 0 Å². The van der Waals surface area contributed by atoms with Crippen LogP contribution in [0.15, 0.2) is 0 Å². The third kappa shape index (κ3) is 6.24. The summed E-state index contributed by atoms with van der Waals surface area (Å²) in [4.78, 5) is 0. The van der Waals surface area contributed by atoms with Crippen LogP contribution in [0.5, 0.6) is 0 Å². The van der Waals surface area contributed by atoms with E-state index in [2.05, 4.69) is 4.18 Å². The molecule has 0 aromatic rings. The summed E-state index contributed by atoms with van der Waals surface area (Å²) in [6.07, 6.45) is 0.383. The van der Waals surface area contributed by atoms with Crippen LogP contribution in [0.2, 0.25) is 0 Å². The first-order valence-corrected chi connectivity index (χ1v) is 4.88. The summed E-state index contributed by atoms with van der Waals surface area (Å²) in [5, 5.41) is 8.24. The van der Waals surface area contributed by atoms with Crippen LogP contribution in [0.3, 0.4) is 0 Å². The SMILES string of the molecule is NCCCS(=O)(=O)OCCO. The van der Waals surface area contributed by atoms with Crippen LogP contribution in [0.1, 0.15) is 6.42 Å². The van der Waals surface area contributed by atoms with Gasteiger partial charge in [0.1, 0.15) is 0 Å². The molecular weight excluding hydrogens is 170 g/mol. The zero-order valence-electron chi connectivity index (χ0n) is 6.19. The van der Waals surface area contributed by atoms with Crippen molar-refractivity contribution >= 4 is 10.1 Å². The van der Waals surface area contributed by atoms with E-state index in [1.54, 1.807) is 0 Å². The first-order chi connectivity index (χ1) is 5.12. The molecule has 0 aliphatic carbocycles. The minimum Gasteiger partial charge on any atom is -0.394 e. The molecule has 0 unspecified atom stereocenters. The maximum atomic E-state index is 10.8. The molecule has 0 saturated carbocycles. The molecule has 0 spiro atoms. The second-order valence-corrected chi connectivity index (χ2v) is 3.71. The first kappa shape index (κ1) is 10.8. The number of nitrogens with two attached hydrogens (primary N) is 1. The fraction of sp³-hybridized carbons (Fsp3) is 1.00. The smallest absolute Gasteiger partial charge is 0.267 e. The van der Waals surface area contributed by atoms with Crippen LogP contribution in [0.4, 0.5) is 0 Å². The van der Waals surface area contributed by atoms with Gasteiger partial charge in [0.2, 0.25) is 0 Å². The summed E-state index contributed by atoms with van der Waals surface area (Å²) in [5.74, 6) is -0.0799. The topological polar surface area (TPSA) is 89.6 Å². The highest BCUT2D eigenvalue weighted by atomic mass is 32.2. The van der Waals surface area contributed by atoms with Gasteiger partial charge >= 0.3 is 0 Å². The lowest BCUT2D eigenvalue weighted by Crippen LogP contribution is -2.15. The molecule has 0 radical (unpaired) electrons. The van der Waals surface area contributed by atoms with E-state index in [0.717, 1.165) is 0 Å². The number of hydrogen-bond acceptors (Lipinski definition) is 5. The first-order valence-electron chi connectivity index (χ1n) is 3.30. The van der Waals surface area contributed by atoms with Crippen molar-refractivity contribution in [3.8, 4) is 0 Å². The van der Waals surface area contributed by atoms with Gasteiger partial charge in [0.15, 0.2) is 0 Å². The largest absolute Gasteiger partial charge is 0.394 e. The Morgan fingerprint density at radius 2 is 2.09 bits per heavy atom. The summed E-state index contributed by atoms with van der Waals surface area (Å²) in [7, 11) is -3.45. The Balaban J connectivity index is 3.63. The lowest BCUT2D eigenvalue weighted by molar-refractivity contribution is 0.205. The Morgan fingerprint density at radius 1 is 1.45 bits per heavy atom. The molecule has 3 N–H and O–H groups in total. The van der Waals surface area contributed by atoms with E-state index in [0.29, 0.717) is 13.0 Å². The van der Waals surface area contributed by atoms with Crippen LogP contribution in [0.25, 0.3) is 0 Å². The van der Waals surface area contributed by atoms with Crippen LogP contribution >= 0.6 is 0 Å². The van der Waals surface area contributed by atoms with Gasteiger partial charge in [-0.15, -0.1) is 0 Å². The lowest BCUT2D eigenvalue weighted by Gasteiger charge is -2.01. The van der Waals surface area contributed by atoms with E-state index in [1.807, 2.05) is 0 Å². The van der Waals surface area contributed by atoms with E-state index >= 15 is 0 Å². The van der Waals surface area contributed by atoms with Crippen molar-refractivity contribution in [3.63, 3.8) is 0 Å². The molecule has 0 aliphatic rings. The Labute approximate surface area is 66.3 Å². The summed E-state index contributed by atoms with van der Waals surface area (Å²) >= 11 is 0. The van der Waals surface area contributed by atoms with E-state index in [1.165, 1.54) is 0 Å². The molecular formula is C5H13NO4S. The highest BCUT2D eigenvalue weighted by molar-refractivity contribution is 7.86. The number of aliphatic hydroxyl groups excluding tert-OH is 1. The standard InChI is InChI=1S/C5H13NO4S/c6-2-1-5-11(8,9)10-4-3-7/h7H,1-6H2. The molecule has 0 atom stereocenters. The molecule has 0 aromatic carbocycles. The van der Waals surface area contributed by atoms with Crippen LogP contribution < -0.4 is 5.73 Å². The molecule has 68 valence electrons. The predicted octanol–water partition coefficient (Wildman–Crippen LogP) is -1.33. The van der Waals surface area contributed by atoms with E-state index in [9.17, 15) is 8.42 Å². The number of rotatable bonds is 6. The molecule has 0 aliphatic heterocycles. The fourth-order valence-electron chi connectivity index (χ4n) is 0.483. The molecule has 11 heavy (non-hydrogen) atoms. The van der Waals surface area contributed by atoms with Gasteiger partial charge in [-0.2, -0.15) is 8.42 Å². The van der Waals surface area contributed by atoms with E-state index in [-0.39, 0.29) is 19.0 Å². The van der Waals surface area contributed by atoms with Gasteiger partial charge in [-0.1, -0.05) is 0 Å². The van der Waals surface area contributed by atoms with Crippen molar-refractivity contribution in [1.29, 1.82) is 0 Å². The minimum absolute atomic E-state index is 0.0799. The molecule has 0 amide bonds. The predicted molar refractivity (Wildman–Crippen MR) is 40.5 cm³/mol. The highest BCUT2D eigenvalue weighted by Crippen LogP contribution is 1.94. The molecule has 0 aromatic heterocycles. The van der Waals surface area contributed by atoms with Gasteiger partial charge < -0.3 is 10.8 Å². The zero-order valence-corrected chi connectivity index (χ0v) is 7.01. The summed E-state index contributed by atoms with van der Waals surface area (Å²) in [5.41, 5.74) is 5.09. The quantitative estimate of drug-likeness (QED) is 0.498. The van der Waals surface area contributed by atoms with Crippen LogP contribution in [-0.2, 0) is 14.3 Å². The van der Waals surface area contributed by atoms with Gasteiger partial charge in [0.25, 0.3) is 10.1 Å². The third-order valence-electron chi connectivity index (χ3n) is 0.953. The van der Waals surface area contributed by atoms with Gasteiger partial charge in [-0.05, 0) is 13.0 Å². The molecule has 0 heterocycles. The van der Waals surface area contributed by atoms with Crippen molar-refractivity contribution in [2.75, 3.05) is 25.5 Å². The average molecular weight is 183 g/mol. The van der Waals surface area contributed by atoms with Crippen molar-refractivity contribution < 1.29 is 17.7 Å². The Morgan fingerprint density at radius 3 is 2.55 bits per heavy atom. The van der Waals surface area contributed by atoms with Crippen LogP contribution in [0, 0.1) is 0 Å². The summed E-state index contributed by atoms with van der Waals surface area (Å²) in [6.45, 7) is -0.142. The molecule has 5 nitrogen and oxygen atoms in total. The average Bonchev–Trinajstić information content (AvgIpc) is 1.97. The molecule has 6 heteroatoms. The lowest BCUT2D eigenvalue weighted by atomic mass is 10.5. The second kappa shape index (κ2) is 5.48. The summed E-state index contributed by atoms with van der Waals surface area (Å²) in [6, 6.07) is 0. The minimum atomic E-state index is -3.45. The van der Waals surface area contributed by atoms with E-state index < -0.39 is 10.1 Å². The van der Waals surface area contributed by atoms with Gasteiger partial charge in [0, 0.05) is 0 Å². The van der Waals surface area contributed by atoms with Crippen molar-refractivity contribution in [3.05, 3.63) is 0 Å². The molecule has 0 rings (SSSR count). The normalized spacial score (nSPS) is 11.8. The molecule has 0 saturated heterocycles. The molecule has 0 bridgehead atoms.